The van der Waals surface area contributed by atoms with Gasteiger partial charge in [0.15, 0.2) is 5.82 Å². The van der Waals surface area contributed by atoms with Crippen molar-refractivity contribution in [3.8, 4) is 0 Å². The highest BCUT2D eigenvalue weighted by atomic mass is 16.1. The van der Waals surface area contributed by atoms with Crippen molar-refractivity contribution in [2.45, 2.75) is 19.5 Å². The minimum absolute atomic E-state index is 0.126. The summed E-state index contributed by atoms with van der Waals surface area (Å²) in [4.78, 5) is 15.3. The molecule has 0 spiro atoms. The highest BCUT2D eigenvalue weighted by Gasteiger charge is 2.25. The first-order valence-corrected chi connectivity index (χ1v) is 9.89. The van der Waals surface area contributed by atoms with E-state index in [1.165, 1.54) is 5.56 Å². The number of carbonyl (C=O) groups is 1. The Balaban J connectivity index is 1.29. The van der Waals surface area contributed by atoms with E-state index >= 15 is 0 Å². The zero-order valence-electron chi connectivity index (χ0n) is 16.1. The summed E-state index contributed by atoms with van der Waals surface area (Å²) in [5, 5.41) is 12.5. The molecule has 0 saturated carbocycles. The summed E-state index contributed by atoms with van der Waals surface area (Å²) in [5.74, 6) is 0.513. The van der Waals surface area contributed by atoms with E-state index in [0.29, 0.717) is 11.4 Å². The molecule has 0 saturated heterocycles. The van der Waals surface area contributed by atoms with Crippen molar-refractivity contribution in [1.29, 1.82) is 0 Å². The second-order valence-electron chi connectivity index (χ2n) is 7.46. The van der Waals surface area contributed by atoms with Crippen LogP contribution in [0.3, 0.4) is 0 Å². The number of nitrogens with zero attached hydrogens (tertiary/aromatic N) is 2. The van der Waals surface area contributed by atoms with Crippen molar-refractivity contribution in [2.75, 3.05) is 11.9 Å². The fourth-order valence-electron chi connectivity index (χ4n) is 4.00. The molecule has 5 nitrogen and oxygen atoms in total. The van der Waals surface area contributed by atoms with Crippen LogP contribution >= 0.6 is 0 Å². The summed E-state index contributed by atoms with van der Waals surface area (Å²) in [5.41, 5.74) is 4.18. The van der Waals surface area contributed by atoms with E-state index in [9.17, 15) is 4.79 Å². The average Bonchev–Trinajstić information content (AvgIpc) is 3.34. The largest absolute Gasteiger partial charge is 0.305 e. The van der Waals surface area contributed by atoms with E-state index in [2.05, 4.69) is 44.7 Å². The molecule has 1 aromatic heterocycles. The number of aromatic nitrogens is 2. The average molecular weight is 382 g/mol. The fourth-order valence-corrected chi connectivity index (χ4v) is 4.00. The normalized spacial score (nSPS) is 13.5. The predicted molar refractivity (Wildman–Crippen MR) is 115 cm³/mol. The second kappa shape index (κ2) is 7.53. The highest BCUT2D eigenvalue weighted by Crippen LogP contribution is 2.28. The molecular formula is C24H22N4O. The lowest BCUT2D eigenvalue weighted by molar-refractivity contribution is 0.102. The Labute approximate surface area is 169 Å². The van der Waals surface area contributed by atoms with Gasteiger partial charge in [0.05, 0.1) is 5.69 Å². The van der Waals surface area contributed by atoms with Gasteiger partial charge in [0, 0.05) is 30.8 Å². The van der Waals surface area contributed by atoms with Crippen molar-refractivity contribution in [3.63, 3.8) is 0 Å². The Morgan fingerprint density at radius 3 is 2.66 bits per heavy atom. The van der Waals surface area contributed by atoms with E-state index < -0.39 is 0 Å². The van der Waals surface area contributed by atoms with Gasteiger partial charge in [-0.2, -0.15) is 5.10 Å². The van der Waals surface area contributed by atoms with Crippen LogP contribution in [0.2, 0.25) is 0 Å². The Hall–Kier alpha value is -3.44. The Morgan fingerprint density at radius 2 is 1.76 bits per heavy atom. The summed E-state index contributed by atoms with van der Waals surface area (Å²) in [6, 6.07) is 24.2. The molecule has 0 atom stereocenters. The molecule has 0 bridgehead atoms. The Bertz CT molecular complexity index is 1160. The van der Waals surface area contributed by atoms with Gasteiger partial charge in [-0.15, -0.1) is 0 Å². The predicted octanol–water partition coefficient (Wildman–Crippen LogP) is 4.37. The minimum Gasteiger partial charge on any atom is -0.305 e. The molecule has 0 fully saturated rings. The molecule has 29 heavy (non-hydrogen) atoms. The van der Waals surface area contributed by atoms with E-state index in [-0.39, 0.29) is 5.91 Å². The van der Waals surface area contributed by atoms with Crippen LogP contribution in [0.5, 0.6) is 0 Å². The van der Waals surface area contributed by atoms with Crippen molar-refractivity contribution < 1.29 is 4.79 Å². The standard InChI is InChI=1S/C24H22N4O/c29-24(20-12-6-10-18-9-4-5-11-19(18)20)25-23-21-15-28(16-22(21)26-27-23)14-13-17-7-2-1-3-8-17/h1-12H,13-16H2,(H2,25,26,27,29). The van der Waals surface area contributed by atoms with Gasteiger partial charge >= 0.3 is 0 Å². The van der Waals surface area contributed by atoms with Crippen LogP contribution in [-0.2, 0) is 19.5 Å². The van der Waals surface area contributed by atoms with Gasteiger partial charge in [0.25, 0.3) is 5.91 Å². The maximum absolute atomic E-state index is 12.9. The highest BCUT2D eigenvalue weighted by molar-refractivity contribution is 6.12. The molecule has 4 aromatic rings. The number of hydrogen-bond donors (Lipinski definition) is 2. The molecule has 2 heterocycles. The Kier molecular flexibility index (Phi) is 4.58. The molecule has 3 aromatic carbocycles. The van der Waals surface area contributed by atoms with Gasteiger partial charge in [0.1, 0.15) is 0 Å². The molecule has 1 aliphatic heterocycles. The molecule has 5 rings (SSSR count). The third kappa shape index (κ3) is 3.52. The summed E-state index contributed by atoms with van der Waals surface area (Å²) >= 11 is 0. The molecule has 2 N–H and O–H groups in total. The topological polar surface area (TPSA) is 61.0 Å². The number of H-pyrrole nitrogens is 1. The third-order valence-electron chi connectivity index (χ3n) is 5.54. The maximum Gasteiger partial charge on any atom is 0.257 e. The van der Waals surface area contributed by atoms with E-state index in [0.717, 1.165) is 48.1 Å². The molecule has 5 heteroatoms. The van der Waals surface area contributed by atoms with Crippen molar-refractivity contribution in [3.05, 3.63) is 95.2 Å². The van der Waals surface area contributed by atoms with Crippen LogP contribution < -0.4 is 5.32 Å². The number of benzene rings is 3. The van der Waals surface area contributed by atoms with Gasteiger partial charge in [-0.05, 0) is 28.8 Å². The molecular weight excluding hydrogens is 360 g/mol. The molecule has 0 radical (unpaired) electrons. The second-order valence-corrected chi connectivity index (χ2v) is 7.46. The number of nitrogens with one attached hydrogen (secondary N) is 2. The van der Waals surface area contributed by atoms with Crippen LogP contribution in [0.15, 0.2) is 72.8 Å². The summed E-state index contributed by atoms with van der Waals surface area (Å²) in [6.45, 7) is 2.60. The lowest BCUT2D eigenvalue weighted by Crippen LogP contribution is -2.21. The molecule has 1 amide bonds. The van der Waals surface area contributed by atoms with Gasteiger partial charge in [-0.25, -0.2) is 0 Å². The van der Waals surface area contributed by atoms with Gasteiger partial charge in [-0.1, -0.05) is 66.7 Å². The van der Waals surface area contributed by atoms with Crippen LogP contribution in [0.25, 0.3) is 10.8 Å². The Morgan fingerprint density at radius 1 is 0.966 bits per heavy atom. The van der Waals surface area contributed by atoms with Crippen LogP contribution in [0, 0.1) is 0 Å². The van der Waals surface area contributed by atoms with Crippen LogP contribution in [0.4, 0.5) is 5.82 Å². The fraction of sp³-hybridized carbons (Fsp3) is 0.167. The number of aromatic amines is 1. The van der Waals surface area contributed by atoms with Crippen LogP contribution in [0.1, 0.15) is 27.2 Å². The van der Waals surface area contributed by atoms with Gasteiger partial charge in [0.2, 0.25) is 0 Å². The SMILES string of the molecule is O=C(Nc1n[nH]c2c1CN(CCc1ccccc1)C2)c1cccc2ccccc12. The van der Waals surface area contributed by atoms with Crippen molar-refractivity contribution in [1.82, 2.24) is 15.1 Å². The number of carbonyl (C=O) groups excluding carboxylic acids is 1. The zero-order chi connectivity index (χ0) is 19.6. The summed E-state index contributed by atoms with van der Waals surface area (Å²) in [6.07, 6.45) is 1.01. The number of fused-ring (bicyclic) bond motifs is 2. The molecule has 0 aliphatic carbocycles. The van der Waals surface area contributed by atoms with Crippen LogP contribution in [-0.4, -0.2) is 27.5 Å². The zero-order valence-corrected chi connectivity index (χ0v) is 16.1. The third-order valence-corrected chi connectivity index (χ3v) is 5.54. The van der Waals surface area contributed by atoms with Crippen molar-refractivity contribution >= 4 is 22.5 Å². The van der Waals surface area contributed by atoms with E-state index in [1.54, 1.807) is 0 Å². The quantitative estimate of drug-likeness (QED) is 0.539. The number of amides is 1. The minimum atomic E-state index is -0.126. The van der Waals surface area contributed by atoms with E-state index in [4.69, 9.17) is 0 Å². The smallest absolute Gasteiger partial charge is 0.257 e. The molecule has 144 valence electrons. The summed E-state index contributed by atoms with van der Waals surface area (Å²) in [7, 11) is 0. The van der Waals surface area contributed by atoms with Gasteiger partial charge < -0.3 is 5.32 Å². The number of anilines is 1. The summed E-state index contributed by atoms with van der Waals surface area (Å²) < 4.78 is 0. The van der Waals surface area contributed by atoms with E-state index in [1.807, 2.05) is 48.5 Å². The molecule has 0 unspecified atom stereocenters. The first kappa shape index (κ1) is 17.6. The lowest BCUT2D eigenvalue weighted by atomic mass is 10.0. The first-order valence-electron chi connectivity index (χ1n) is 9.89. The number of hydrogen-bond acceptors (Lipinski definition) is 3. The van der Waals surface area contributed by atoms with Crippen molar-refractivity contribution in [2.24, 2.45) is 0 Å². The lowest BCUT2D eigenvalue weighted by Gasteiger charge is -2.15. The number of rotatable bonds is 5. The monoisotopic (exact) mass is 382 g/mol. The van der Waals surface area contributed by atoms with Gasteiger partial charge in [-0.3, -0.25) is 14.8 Å². The maximum atomic E-state index is 12.9. The first-order chi connectivity index (χ1) is 14.3. The molecule has 1 aliphatic rings.